The third-order valence-corrected chi connectivity index (χ3v) is 5.44. The van der Waals surface area contributed by atoms with Crippen LogP contribution in [0.2, 0.25) is 5.02 Å². The first-order valence-corrected chi connectivity index (χ1v) is 9.12. The molecule has 1 aromatic heterocycles. The standard InChI is InChI=1S/C18H23ClN4O/c1-13(15-4-2-3-5-16(15)19)23-10-8-22(9-11-23)12-17-20-18(21-24-17)14-6-7-14/h2-5,13-14H,6-12H2,1H3. The van der Waals surface area contributed by atoms with Gasteiger partial charge >= 0.3 is 0 Å². The van der Waals surface area contributed by atoms with Gasteiger partial charge in [0.1, 0.15) is 0 Å². The molecule has 2 fully saturated rings. The van der Waals surface area contributed by atoms with Crippen molar-refractivity contribution >= 4 is 11.6 Å². The number of hydrogen-bond acceptors (Lipinski definition) is 5. The highest BCUT2D eigenvalue weighted by Gasteiger charge is 2.29. The molecule has 0 radical (unpaired) electrons. The average molecular weight is 347 g/mol. The van der Waals surface area contributed by atoms with Crippen molar-refractivity contribution in [3.05, 3.63) is 46.6 Å². The third-order valence-electron chi connectivity index (χ3n) is 5.10. The van der Waals surface area contributed by atoms with E-state index in [-0.39, 0.29) is 0 Å². The van der Waals surface area contributed by atoms with Crippen LogP contribution in [0.4, 0.5) is 0 Å². The Hall–Kier alpha value is -1.43. The molecule has 0 amide bonds. The Balaban J connectivity index is 1.32. The van der Waals surface area contributed by atoms with Crippen molar-refractivity contribution in [2.24, 2.45) is 0 Å². The predicted molar refractivity (Wildman–Crippen MR) is 93.0 cm³/mol. The first-order valence-electron chi connectivity index (χ1n) is 8.74. The van der Waals surface area contributed by atoms with E-state index in [1.54, 1.807) is 0 Å². The highest BCUT2D eigenvalue weighted by atomic mass is 35.5. The molecule has 1 aliphatic heterocycles. The Labute approximate surface area is 147 Å². The summed E-state index contributed by atoms with van der Waals surface area (Å²) < 4.78 is 5.39. The molecule has 0 bridgehead atoms. The summed E-state index contributed by atoms with van der Waals surface area (Å²) in [7, 11) is 0. The Morgan fingerprint density at radius 3 is 2.67 bits per heavy atom. The molecule has 1 aliphatic carbocycles. The van der Waals surface area contributed by atoms with Crippen LogP contribution in [0.5, 0.6) is 0 Å². The van der Waals surface area contributed by atoms with Crippen LogP contribution < -0.4 is 0 Å². The van der Waals surface area contributed by atoms with Crippen LogP contribution in [0.25, 0.3) is 0 Å². The Morgan fingerprint density at radius 2 is 1.96 bits per heavy atom. The maximum Gasteiger partial charge on any atom is 0.240 e. The minimum absolute atomic E-state index is 0.339. The lowest BCUT2D eigenvalue weighted by atomic mass is 10.1. The van der Waals surface area contributed by atoms with E-state index >= 15 is 0 Å². The number of benzene rings is 1. The molecular weight excluding hydrogens is 324 g/mol. The van der Waals surface area contributed by atoms with Crippen molar-refractivity contribution in [3.63, 3.8) is 0 Å². The van der Waals surface area contributed by atoms with Gasteiger partial charge in [0.2, 0.25) is 5.89 Å². The van der Waals surface area contributed by atoms with Gasteiger partial charge in [-0.3, -0.25) is 9.80 Å². The normalized spacial score (nSPS) is 21.1. The van der Waals surface area contributed by atoms with Crippen molar-refractivity contribution in [1.29, 1.82) is 0 Å². The quantitative estimate of drug-likeness (QED) is 0.829. The topological polar surface area (TPSA) is 45.4 Å². The third kappa shape index (κ3) is 3.48. The smallest absolute Gasteiger partial charge is 0.240 e. The molecule has 128 valence electrons. The molecule has 0 spiro atoms. The molecule has 1 saturated heterocycles. The molecule has 24 heavy (non-hydrogen) atoms. The van der Waals surface area contributed by atoms with E-state index in [1.165, 1.54) is 18.4 Å². The van der Waals surface area contributed by atoms with Gasteiger partial charge in [-0.1, -0.05) is 35.0 Å². The molecule has 2 heterocycles. The van der Waals surface area contributed by atoms with Crippen molar-refractivity contribution in [3.8, 4) is 0 Å². The summed E-state index contributed by atoms with van der Waals surface area (Å²) in [5, 5.41) is 4.95. The van der Waals surface area contributed by atoms with Crippen LogP contribution in [-0.2, 0) is 6.54 Å². The van der Waals surface area contributed by atoms with Crippen LogP contribution >= 0.6 is 11.6 Å². The Bertz CT molecular complexity index is 692. The molecule has 5 nitrogen and oxygen atoms in total. The number of aromatic nitrogens is 2. The van der Waals surface area contributed by atoms with E-state index in [0.717, 1.165) is 49.5 Å². The van der Waals surface area contributed by atoms with E-state index in [1.807, 2.05) is 12.1 Å². The zero-order chi connectivity index (χ0) is 16.5. The summed E-state index contributed by atoms with van der Waals surface area (Å²) in [6.45, 7) is 7.06. The molecule has 0 N–H and O–H groups in total. The fraction of sp³-hybridized carbons (Fsp3) is 0.556. The first-order chi connectivity index (χ1) is 11.7. The van der Waals surface area contributed by atoms with Crippen molar-refractivity contribution in [2.45, 2.75) is 38.3 Å². The maximum atomic E-state index is 6.34. The van der Waals surface area contributed by atoms with Gasteiger partial charge in [0, 0.05) is 43.2 Å². The van der Waals surface area contributed by atoms with Gasteiger partial charge in [-0.25, -0.2) is 0 Å². The molecule has 1 aromatic carbocycles. The largest absolute Gasteiger partial charge is 0.338 e. The van der Waals surface area contributed by atoms with Crippen molar-refractivity contribution in [2.75, 3.05) is 26.2 Å². The number of rotatable bonds is 5. The fourth-order valence-corrected chi connectivity index (χ4v) is 3.64. The van der Waals surface area contributed by atoms with Crippen molar-refractivity contribution in [1.82, 2.24) is 19.9 Å². The maximum absolute atomic E-state index is 6.34. The van der Waals surface area contributed by atoms with Crippen LogP contribution in [0.1, 0.15) is 49.0 Å². The number of nitrogens with zero attached hydrogens (tertiary/aromatic N) is 4. The van der Waals surface area contributed by atoms with Crippen LogP contribution in [0.3, 0.4) is 0 Å². The van der Waals surface area contributed by atoms with Gasteiger partial charge in [-0.15, -0.1) is 0 Å². The summed E-state index contributed by atoms with van der Waals surface area (Å²) in [5.41, 5.74) is 1.21. The van der Waals surface area contributed by atoms with Crippen LogP contribution in [0, 0.1) is 0 Å². The summed E-state index contributed by atoms with van der Waals surface area (Å²) in [6, 6.07) is 8.47. The van der Waals surface area contributed by atoms with E-state index in [4.69, 9.17) is 16.1 Å². The van der Waals surface area contributed by atoms with E-state index in [0.29, 0.717) is 12.0 Å². The van der Waals surface area contributed by atoms with E-state index in [2.05, 4.69) is 39.0 Å². The summed E-state index contributed by atoms with van der Waals surface area (Å²) in [4.78, 5) is 9.41. The van der Waals surface area contributed by atoms with Gasteiger partial charge in [-0.05, 0) is 31.4 Å². The predicted octanol–water partition coefficient (Wildman–Crippen LogP) is 3.48. The van der Waals surface area contributed by atoms with E-state index < -0.39 is 0 Å². The molecule has 6 heteroatoms. The molecule has 1 saturated carbocycles. The minimum atomic E-state index is 0.339. The minimum Gasteiger partial charge on any atom is -0.338 e. The highest BCUT2D eigenvalue weighted by molar-refractivity contribution is 6.31. The molecule has 4 rings (SSSR count). The average Bonchev–Trinajstić information content (AvgIpc) is 3.35. The van der Waals surface area contributed by atoms with Crippen LogP contribution in [-0.4, -0.2) is 46.1 Å². The van der Waals surface area contributed by atoms with Crippen molar-refractivity contribution < 1.29 is 4.52 Å². The summed E-state index contributed by atoms with van der Waals surface area (Å²) >= 11 is 6.34. The van der Waals surface area contributed by atoms with Gasteiger partial charge in [0.05, 0.1) is 6.54 Å². The highest BCUT2D eigenvalue weighted by Crippen LogP contribution is 2.38. The SMILES string of the molecule is CC(c1ccccc1Cl)N1CCN(Cc2nc(C3CC3)no2)CC1. The first kappa shape index (κ1) is 16.1. The second-order valence-corrected chi connectivity index (χ2v) is 7.24. The fourth-order valence-electron chi connectivity index (χ4n) is 3.35. The van der Waals surface area contributed by atoms with Gasteiger partial charge in [0.15, 0.2) is 5.82 Å². The number of halogens is 1. The zero-order valence-electron chi connectivity index (χ0n) is 14.0. The van der Waals surface area contributed by atoms with Crippen LogP contribution in [0.15, 0.2) is 28.8 Å². The second kappa shape index (κ2) is 6.82. The van der Waals surface area contributed by atoms with Gasteiger partial charge in [-0.2, -0.15) is 4.98 Å². The lowest BCUT2D eigenvalue weighted by molar-refractivity contribution is 0.0905. The molecule has 2 aliphatic rings. The zero-order valence-corrected chi connectivity index (χ0v) is 14.7. The second-order valence-electron chi connectivity index (χ2n) is 6.83. The Kier molecular flexibility index (Phi) is 4.57. The summed E-state index contributed by atoms with van der Waals surface area (Å²) in [5.74, 6) is 2.20. The summed E-state index contributed by atoms with van der Waals surface area (Å²) in [6.07, 6.45) is 2.41. The van der Waals surface area contributed by atoms with Gasteiger partial charge < -0.3 is 4.52 Å². The molecule has 1 unspecified atom stereocenters. The van der Waals surface area contributed by atoms with E-state index in [9.17, 15) is 0 Å². The lowest BCUT2D eigenvalue weighted by Crippen LogP contribution is -2.46. The number of piperazine rings is 1. The monoisotopic (exact) mass is 346 g/mol. The number of hydrogen-bond donors (Lipinski definition) is 0. The molecular formula is C18H23ClN4O. The lowest BCUT2D eigenvalue weighted by Gasteiger charge is -2.37. The molecule has 2 aromatic rings. The molecule has 1 atom stereocenters. The Morgan fingerprint density at radius 1 is 1.21 bits per heavy atom. The van der Waals surface area contributed by atoms with Gasteiger partial charge in [0.25, 0.3) is 0 Å².